The standard InChI is InChI=1S/C14H25N3O2S/c1-4-12(5-2)17-8-6-11(16-17)10-20-9-7-13(15)14(18)19-3/h6,8,12-13H,4-5,7,9-10,15H2,1-3H3. The van der Waals surface area contributed by atoms with Gasteiger partial charge in [-0.05, 0) is 31.1 Å². The fourth-order valence-electron chi connectivity index (χ4n) is 1.98. The van der Waals surface area contributed by atoms with E-state index in [0.717, 1.165) is 30.0 Å². The van der Waals surface area contributed by atoms with Crippen molar-refractivity contribution in [2.24, 2.45) is 5.73 Å². The molecule has 0 aliphatic carbocycles. The Morgan fingerprint density at radius 1 is 1.50 bits per heavy atom. The SMILES string of the molecule is CCC(CC)n1ccc(CSCCC(N)C(=O)OC)n1. The monoisotopic (exact) mass is 299 g/mol. The minimum absolute atomic E-state index is 0.344. The number of nitrogens with two attached hydrogens (primary N) is 1. The first-order valence-electron chi connectivity index (χ1n) is 7.07. The Morgan fingerprint density at radius 3 is 2.80 bits per heavy atom. The third-order valence-electron chi connectivity index (χ3n) is 3.31. The van der Waals surface area contributed by atoms with E-state index in [0.29, 0.717) is 12.5 Å². The van der Waals surface area contributed by atoms with Gasteiger partial charge in [0.1, 0.15) is 6.04 Å². The molecule has 114 valence electrons. The summed E-state index contributed by atoms with van der Waals surface area (Å²) in [6.07, 6.45) is 4.87. The van der Waals surface area contributed by atoms with Crippen LogP contribution in [0.25, 0.3) is 0 Å². The quantitative estimate of drug-likeness (QED) is 0.560. The zero-order valence-electron chi connectivity index (χ0n) is 12.5. The van der Waals surface area contributed by atoms with Crippen molar-refractivity contribution >= 4 is 17.7 Å². The van der Waals surface area contributed by atoms with Gasteiger partial charge in [0.05, 0.1) is 18.8 Å². The number of ether oxygens (including phenoxy) is 1. The van der Waals surface area contributed by atoms with Crippen molar-refractivity contribution in [3.05, 3.63) is 18.0 Å². The Morgan fingerprint density at radius 2 is 2.20 bits per heavy atom. The minimum Gasteiger partial charge on any atom is -0.468 e. The lowest BCUT2D eigenvalue weighted by atomic mass is 10.2. The zero-order valence-corrected chi connectivity index (χ0v) is 13.4. The van der Waals surface area contributed by atoms with E-state index in [-0.39, 0.29) is 5.97 Å². The van der Waals surface area contributed by atoms with Gasteiger partial charge in [0, 0.05) is 11.9 Å². The summed E-state index contributed by atoms with van der Waals surface area (Å²) in [6.45, 7) is 4.36. The first-order chi connectivity index (χ1) is 9.62. The summed E-state index contributed by atoms with van der Waals surface area (Å²) >= 11 is 1.74. The average molecular weight is 299 g/mol. The topological polar surface area (TPSA) is 70.1 Å². The Balaban J connectivity index is 2.31. The summed E-state index contributed by atoms with van der Waals surface area (Å²) in [5, 5.41) is 4.59. The number of thioether (sulfide) groups is 1. The molecule has 0 aromatic carbocycles. The number of rotatable bonds is 9. The van der Waals surface area contributed by atoms with E-state index >= 15 is 0 Å². The summed E-state index contributed by atoms with van der Waals surface area (Å²) in [5.74, 6) is 1.33. The molecule has 0 aliphatic rings. The van der Waals surface area contributed by atoms with Crippen LogP contribution >= 0.6 is 11.8 Å². The molecule has 1 heterocycles. The van der Waals surface area contributed by atoms with Crippen LogP contribution in [0.5, 0.6) is 0 Å². The molecule has 20 heavy (non-hydrogen) atoms. The lowest BCUT2D eigenvalue weighted by Crippen LogP contribution is -2.31. The summed E-state index contributed by atoms with van der Waals surface area (Å²) in [6, 6.07) is 2.03. The maximum atomic E-state index is 11.1. The number of carbonyl (C=O) groups excluding carboxylic acids is 1. The molecule has 1 aromatic heterocycles. The molecule has 0 saturated heterocycles. The van der Waals surface area contributed by atoms with Gasteiger partial charge in [0.25, 0.3) is 0 Å². The smallest absolute Gasteiger partial charge is 0.322 e. The van der Waals surface area contributed by atoms with Crippen LogP contribution in [-0.4, -0.2) is 34.7 Å². The van der Waals surface area contributed by atoms with E-state index < -0.39 is 6.04 Å². The number of hydrogen-bond acceptors (Lipinski definition) is 5. The molecule has 1 unspecified atom stereocenters. The molecule has 5 nitrogen and oxygen atoms in total. The highest BCUT2D eigenvalue weighted by Crippen LogP contribution is 2.17. The molecule has 2 N–H and O–H groups in total. The van der Waals surface area contributed by atoms with Crippen LogP contribution in [0.3, 0.4) is 0 Å². The van der Waals surface area contributed by atoms with Crippen LogP contribution in [-0.2, 0) is 15.3 Å². The van der Waals surface area contributed by atoms with Gasteiger partial charge in [-0.25, -0.2) is 0 Å². The largest absolute Gasteiger partial charge is 0.468 e. The Labute approximate surface area is 125 Å². The first kappa shape index (κ1) is 17.0. The highest BCUT2D eigenvalue weighted by molar-refractivity contribution is 7.98. The van der Waals surface area contributed by atoms with E-state index in [1.165, 1.54) is 7.11 Å². The van der Waals surface area contributed by atoms with Crippen LogP contribution in [0.1, 0.15) is 44.8 Å². The maximum absolute atomic E-state index is 11.1. The molecule has 0 amide bonds. The number of carbonyl (C=O) groups is 1. The van der Waals surface area contributed by atoms with Gasteiger partial charge < -0.3 is 10.5 Å². The number of hydrogen-bond donors (Lipinski definition) is 1. The highest BCUT2D eigenvalue weighted by Gasteiger charge is 2.13. The molecule has 0 saturated carbocycles. The van der Waals surface area contributed by atoms with Crippen molar-refractivity contribution in [3.8, 4) is 0 Å². The molecule has 0 aliphatic heterocycles. The van der Waals surface area contributed by atoms with Crippen LogP contribution in [0.15, 0.2) is 12.3 Å². The van der Waals surface area contributed by atoms with Crippen molar-refractivity contribution in [2.45, 2.75) is 50.9 Å². The van der Waals surface area contributed by atoms with Crippen LogP contribution < -0.4 is 5.73 Å². The number of methoxy groups -OCH3 is 1. The predicted molar refractivity (Wildman–Crippen MR) is 82.6 cm³/mol. The van der Waals surface area contributed by atoms with Gasteiger partial charge in [-0.2, -0.15) is 16.9 Å². The second-order valence-electron chi connectivity index (χ2n) is 4.73. The van der Waals surface area contributed by atoms with Crippen LogP contribution in [0, 0.1) is 0 Å². The zero-order chi connectivity index (χ0) is 15.0. The van der Waals surface area contributed by atoms with E-state index in [9.17, 15) is 4.79 Å². The second-order valence-corrected chi connectivity index (χ2v) is 5.83. The van der Waals surface area contributed by atoms with E-state index in [1.807, 2.05) is 6.20 Å². The number of nitrogens with zero attached hydrogens (tertiary/aromatic N) is 2. The Hall–Kier alpha value is -1.01. The fraction of sp³-hybridized carbons (Fsp3) is 0.714. The third kappa shape index (κ3) is 5.17. The van der Waals surface area contributed by atoms with Gasteiger partial charge >= 0.3 is 5.97 Å². The molecular weight excluding hydrogens is 274 g/mol. The molecular formula is C14H25N3O2S. The summed E-state index contributed by atoms with van der Waals surface area (Å²) in [5.41, 5.74) is 6.76. The van der Waals surface area contributed by atoms with Gasteiger partial charge in [-0.15, -0.1) is 0 Å². The predicted octanol–water partition coefficient (Wildman–Crippen LogP) is 2.37. The molecule has 0 fully saturated rings. The number of esters is 1. The van der Waals surface area contributed by atoms with E-state index in [2.05, 4.69) is 34.4 Å². The van der Waals surface area contributed by atoms with Gasteiger partial charge in [-0.3, -0.25) is 9.48 Å². The van der Waals surface area contributed by atoms with Crippen molar-refractivity contribution in [1.82, 2.24) is 9.78 Å². The van der Waals surface area contributed by atoms with Crippen molar-refractivity contribution in [3.63, 3.8) is 0 Å². The lowest BCUT2D eigenvalue weighted by Gasteiger charge is -2.12. The van der Waals surface area contributed by atoms with Gasteiger partial charge in [0.15, 0.2) is 0 Å². The van der Waals surface area contributed by atoms with Crippen LogP contribution in [0.4, 0.5) is 0 Å². The molecule has 0 radical (unpaired) electrons. The van der Waals surface area contributed by atoms with Crippen LogP contribution in [0.2, 0.25) is 0 Å². The summed E-state index contributed by atoms with van der Waals surface area (Å²) < 4.78 is 6.64. The van der Waals surface area contributed by atoms with Crippen molar-refractivity contribution in [2.75, 3.05) is 12.9 Å². The third-order valence-corrected chi connectivity index (χ3v) is 4.33. The Kier molecular flexibility index (Phi) is 7.69. The highest BCUT2D eigenvalue weighted by atomic mass is 32.2. The Bertz CT molecular complexity index is 405. The first-order valence-corrected chi connectivity index (χ1v) is 8.23. The normalized spacial score (nSPS) is 12.7. The molecule has 0 spiro atoms. The van der Waals surface area contributed by atoms with E-state index in [4.69, 9.17) is 5.73 Å². The lowest BCUT2D eigenvalue weighted by molar-refractivity contribution is -0.142. The molecule has 1 rings (SSSR count). The van der Waals surface area contributed by atoms with Gasteiger partial charge in [0.2, 0.25) is 0 Å². The molecule has 6 heteroatoms. The minimum atomic E-state index is -0.519. The number of aromatic nitrogens is 2. The second kappa shape index (κ2) is 9.02. The van der Waals surface area contributed by atoms with Gasteiger partial charge in [-0.1, -0.05) is 13.8 Å². The molecule has 1 atom stereocenters. The fourth-order valence-corrected chi connectivity index (χ4v) is 2.90. The average Bonchev–Trinajstić information content (AvgIpc) is 2.92. The molecule has 0 bridgehead atoms. The summed E-state index contributed by atoms with van der Waals surface area (Å²) in [4.78, 5) is 11.1. The van der Waals surface area contributed by atoms with Crippen molar-refractivity contribution in [1.29, 1.82) is 0 Å². The maximum Gasteiger partial charge on any atom is 0.322 e. The van der Waals surface area contributed by atoms with Crippen molar-refractivity contribution < 1.29 is 9.53 Å². The van der Waals surface area contributed by atoms with E-state index in [1.54, 1.807) is 11.8 Å². The summed E-state index contributed by atoms with van der Waals surface area (Å²) in [7, 11) is 1.36. The molecule has 1 aromatic rings.